The molecule has 164 valence electrons. The Bertz CT molecular complexity index is 802. The summed E-state index contributed by atoms with van der Waals surface area (Å²) in [5.41, 5.74) is 1.74. The highest BCUT2D eigenvalue weighted by Crippen LogP contribution is 2.62. The topological polar surface area (TPSA) is 64.6 Å². The van der Waals surface area contributed by atoms with Crippen LogP contribution in [-0.4, -0.2) is 24.4 Å². The largest absolute Gasteiger partial charge is 0.355 e. The Morgan fingerprint density at radius 2 is 1.47 bits per heavy atom. The number of aryl methyl sites for hydroxylation is 1. The molecule has 0 bridgehead atoms. The lowest BCUT2D eigenvalue weighted by Crippen LogP contribution is -2.49. The van der Waals surface area contributed by atoms with Gasteiger partial charge in [0.25, 0.3) is 5.91 Å². The average Bonchev–Trinajstić information content (AvgIpc) is 2.75. The van der Waals surface area contributed by atoms with Crippen LogP contribution in [0.15, 0.2) is 60.7 Å². The van der Waals surface area contributed by atoms with Crippen LogP contribution in [0, 0.1) is 0 Å². The van der Waals surface area contributed by atoms with Crippen LogP contribution in [0.1, 0.15) is 62.4 Å². The summed E-state index contributed by atoms with van der Waals surface area (Å²) in [4.78, 5) is 13.1. The fourth-order valence-electron chi connectivity index (χ4n) is 3.73. The van der Waals surface area contributed by atoms with Gasteiger partial charge in [-0.3, -0.25) is 9.36 Å². The third-order valence-electron chi connectivity index (χ3n) is 5.07. The van der Waals surface area contributed by atoms with Gasteiger partial charge in [-0.1, -0.05) is 61.9 Å². The van der Waals surface area contributed by atoms with Crippen molar-refractivity contribution in [2.24, 2.45) is 0 Å². The highest BCUT2D eigenvalue weighted by atomic mass is 31.2. The molecule has 1 amide bonds. The number of carbonyl (C=O) groups excluding carboxylic acids is 1. The summed E-state index contributed by atoms with van der Waals surface area (Å²) in [6.07, 6.45) is 3.34. The second-order valence-electron chi connectivity index (χ2n) is 7.27. The van der Waals surface area contributed by atoms with Gasteiger partial charge in [-0.25, -0.2) is 0 Å². The summed E-state index contributed by atoms with van der Waals surface area (Å²) in [5.74, 6) is -0.261. The highest BCUT2D eigenvalue weighted by Gasteiger charge is 2.51. The Morgan fingerprint density at radius 1 is 0.900 bits per heavy atom. The first-order chi connectivity index (χ1) is 14.5. The van der Waals surface area contributed by atoms with E-state index in [0.717, 1.165) is 19.3 Å². The number of nitrogens with one attached hydrogen (secondary N) is 1. The average molecular weight is 432 g/mol. The summed E-state index contributed by atoms with van der Waals surface area (Å²) in [5, 5.41) is 2.02. The molecule has 0 fully saturated rings. The molecule has 0 aliphatic heterocycles. The van der Waals surface area contributed by atoms with Crippen LogP contribution in [0.4, 0.5) is 0 Å². The summed E-state index contributed by atoms with van der Waals surface area (Å²) < 4.78 is 25.5. The van der Waals surface area contributed by atoms with E-state index in [1.165, 1.54) is 5.56 Å². The highest BCUT2D eigenvalue weighted by molar-refractivity contribution is 7.55. The van der Waals surface area contributed by atoms with Crippen molar-refractivity contribution in [3.63, 3.8) is 0 Å². The van der Waals surface area contributed by atoms with Crippen LogP contribution in [-0.2, 0) is 20.0 Å². The molecule has 30 heavy (non-hydrogen) atoms. The maximum Gasteiger partial charge on any atom is 0.355 e. The molecule has 2 aromatic carbocycles. The van der Waals surface area contributed by atoms with Crippen molar-refractivity contribution in [1.82, 2.24) is 5.32 Å². The fraction of sp³-hybridized carbons (Fsp3) is 0.458. The standard InChI is InChI=1S/C24H34NO4P/c1-4-19-24(30(27,28-5-2)29-6-3,20-13-16-21-14-9-7-10-15-21)25-23(26)22-17-11-8-12-18-22/h7-12,14-15,17-18H,4-6,13,16,19-20H2,1-3H3,(H,25,26)/t24-/m0/s1. The first-order valence-corrected chi connectivity index (χ1v) is 12.3. The molecule has 2 aromatic rings. The van der Waals surface area contributed by atoms with Crippen molar-refractivity contribution >= 4 is 13.5 Å². The SMILES string of the molecule is CCC[C@](CCCc1ccccc1)(NC(=O)c1ccccc1)P(=O)(OCC)OCC. The minimum Gasteiger partial charge on any atom is -0.335 e. The fourth-order valence-corrected chi connectivity index (χ4v) is 6.15. The van der Waals surface area contributed by atoms with Crippen molar-refractivity contribution in [3.05, 3.63) is 71.8 Å². The Hall–Kier alpha value is -1.94. The van der Waals surface area contributed by atoms with Gasteiger partial charge in [0.2, 0.25) is 0 Å². The lowest BCUT2D eigenvalue weighted by atomic mass is 10.0. The number of carbonyl (C=O) groups is 1. The number of amides is 1. The molecule has 1 atom stereocenters. The Kier molecular flexibility index (Phi) is 9.77. The number of hydrogen-bond acceptors (Lipinski definition) is 4. The second kappa shape index (κ2) is 12.0. The minimum absolute atomic E-state index is 0.253. The van der Waals surface area contributed by atoms with Crippen LogP contribution in [0.3, 0.4) is 0 Å². The molecule has 0 saturated heterocycles. The first kappa shape index (κ1) is 24.3. The zero-order chi connectivity index (χ0) is 21.9. The summed E-state index contributed by atoms with van der Waals surface area (Å²) in [6.45, 7) is 6.12. The van der Waals surface area contributed by atoms with E-state index in [4.69, 9.17) is 9.05 Å². The van der Waals surface area contributed by atoms with Crippen molar-refractivity contribution in [2.75, 3.05) is 13.2 Å². The molecule has 0 aliphatic carbocycles. The smallest absolute Gasteiger partial charge is 0.335 e. The molecular weight excluding hydrogens is 397 g/mol. The van der Waals surface area contributed by atoms with E-state index in [0.29, 0.717) is 18.4 Å². The maximum atomic E-state index is 14.0. The van der Waals surface area contributed by atoms with Gasteiger partial charge >= 0.3 is 7.60 Å². The van der Waals surface area contributed by atoms with Gasteiger partial charge in [0.1, 0.15) is 5.28 Å². The van der Waals surface area contributed by atoms with Crippen molar-refractivity contribution in [1.29, 1.82) is 0 Å². The first-order valence-electron chi connectivity index (χ1n) is 10.8. The van der Waals surface area contributed by atoms with E-state index < -0.39 is 12.9 Å². The number of hydrogen-bond donors (Lipinski definition) is 1. The van der Waals surface area contributed by atoms with Crippen molar-refractivity contribution in [3.8, 4) is 0 Å². The molecule has 0 saturated carbocycles. The van der Waals surface area contributed by atoms with E-state index >= 15 is 0 Å². The number of benzene rings is 2. The van der Waals surface area contributed by atoms with Crippen LogP contribution < -0.4 is 5.32 Å². The molecule has 0 unspecified atom stereocenters. The molecule has 0 radical (unpaired) electrons. The molecule has 1 N–H and O–H groups in total. The van der Waals surface area contributed by atoms with E-state index in [2.05, 4.69) is 17.4 Å². The molecule has 0 aromatic heterocycles. The number of rotatable bonds is 13. The van der Waals surface area contributed by atoms with Crippen molar-refractivity contribution in [2.45, 2.75) is 58.2 Å². The van der Waals surface area contributed by atoms with Gasteiger partial charge in [0, 0.05) is 5.56 Å². The van der Waals surface area contributed by atoms with Gasteiger partial charge in [-0.05, 0) is 57.2 Å². The molecule has 5 nitrogen and oxygen atoms in total. The molecule has 6 heteroatoms. The lowest BCUT2D eigenvalue weighted by Gasteiger charge is -2.39. The van der Waals surface area contributed by atoms with Gasteiger partial charge in [-0.15, -0.1) is 0 Å². The zero-order valence-electron chi connectivity index (χ0n) is 18.3. The summed E-state index contributed by atoms with van der Waals surface area (Å²) in [7, 11) is -3.60. The Morgan fingerprint density at radius 3 is 2.00 bits per heavy atom. The van der Waals surface area contributed by atoms with Crippen LogP contribution in [0.5, 0.6) is 0 Å². The monoisotopic (exact) mass is 431 g/mol. The molecular formula is C24H34NO4P. The van der Waals surface area contributed by atoms with E-state index in [1.807, 2.05) is 43.3 Å². The quantitative estimate of drug-likeness (QED) is 0.383. The van der Waals surface area contributed by atoms with Crippen molar-refractivity contribution < 1.29 is 18.4 Å². The zero-order valence-corrected chi connectivity index (χ0v) is 19.2. The third kappa shape index (κ3) is 6.28. The summed E-state index contributed by atoms with van der Waals surface area (Å²) in [6, 6.07) is 19.2. The predicted octanol–water partition coefficient (Wildman–Crippen LogP) is 6.20. The third-order valence-corrected chi connectivity index (χ3v) is 7.87. The van der Waals surface area contributed by atoms with Gasteiger partial charge < -0.3 is 14.4 Å². The predicted molar refractivity (Wildman–Crippen MR) is 122 cm³/mol. The van der Waals surface area contributed by atoms with E-state index in [-0.39, 0.29) is 19.1 Å². The van der Waals surface area contributed by atoms with Crippen LogP contribution in [0.2, 0.25) is 0 Å². The molecule has 0 heterocycles. The van der Waals surface area contributed by atoms with Gasteiger partial charge in [0.05, 0.1) is 13.2 Å². The van der Waals surface area contributed by atoms with Crippen LogP contribution >= 0.6 is 7.60 Å². The molecule has 2 rings (SSSR count). The summed E-state index contributed by atoms with van der Waals surface area (Å²) >= 11 is 0. The minimum atomic E-state index is -3.60. The van der Waals surface area contributed by atoms with Crippen LogP contribution in [0.25, 0.3) is 0 Å². The van der Waals surface area contributed by atoms with E-state index in [9.17, 15) is 9.36 Å². The molecule has 0 spiro atoms. The second-order valence-corrected chi connectivity index (χ2v) is 9.64. The lowest BCUT2D eigenvalue weighted by molar-refractivity contribution is 0.0890. The molecule has 0 aliphatic rings. The van der Waals surface area contributed by atoms with E-state index in [1.54, 1.807) is 26.0 Å². The maximum absolute atomic E-state index is 14.0. The normalized spacial score (nSPS) is 13.6. The Balaban J connectivity index is 2.35. The van der Waals surface area contributed by atoms with Gasteiger partial charge in [0.15, 0.2) is 0 Å². The van der Waals surface area contributed by atoms with Gasteiger partial charge in [-0.2, -0.15) is 0 Å². The Labute approximate surface area is 180 Å².